The van der Waals surface area contributed by atoms with Gasteiger partial charge in [-0.05, 0) is 24.5 Å². The summed E-state index contributed by atoms with van der Waals surface area (Å²) in [6.07, 6.45) is 14.4. The molecule has 0 atom stereocenters. The predicted molar refractivity (Wildman–Crippen MR) is 113 cm³/mol. The smallest absolute Gasteiger partial charge is 0.136 e. The maximum atomic E-state index is 4.68. The lowest BCUT2D eigenvalue weighted by Gasteiger charge is -2.23. The fourth-order valence-electron chi connectivity index (χ4n) is 4.21. The number of benzene rings is 1. The maximum absolute atomic E-state index is 4.68. The zero-order valence-corrected chi connectivity index (χ0v) is 15.9. The van der Waals surface area contributed by atoms with E-state index in [0.717, 1.165) is 34.4 Å². The van der Waals surface area contributed by atoms with Crippen LogP contribution in [-0.2, 0) is 6.54 Å². The van der Waals surface area contributed by atoms with Crippen molar-refractivity contribution in [2.75, 3.05) is 5.32 Å². The van der Waals surface area contributed by atoms with Crippen LogP contribution in [-0.4, -0.2) is 25.8 Å². The van der Waals surface area contributed by atoms with Gasteiger partial charge in [-0.2, -0.15) is 5.10 Å². The molecule has 5 heteroatoms. The number of nitrogens with one attached hydrogen (secondary N) is 2. The van der Waals surface area contributed by atoms with E-state index in [4.69, 9.17) is 0 Å². The second-order valence-electron chi connectivity index (χ2n) is 7.68. The van der Waals surface area contributed by atoms with Crippen LogP contribution >= 0.6 is 0 Å². The van der Waals surface area contributed by atoms with Gasteiger partial charge in [0, 0.05) is 41.1 Å². The third-order valence-electron chi connectivity index (χ3n) is 5.67. The Hall–Kier alpha value is -3.08. The van der Waals surface area contributed by atoms with Crippen molar-refractivity contribution in [2.45, 2.75) is 44.7 Å². The van der Waals surface area contributed by atoms with E-state index in [0.29, 0.717) is 6.04 Å². The number of hydrogen-bond acceptors (Lipinski definition) is 3. The minimum atomic E-state index is 0.524. The van der Waals surface area contributed by atoms with E-state index in [1.54, 1.807) is 0 Å². The van der Waals surface area contributed by atoms with Crippen molar-refractivity contribution in [1.82, 2.24) is 19.7 Å². The molecule has 28 heavy (non-hydrogen) atoms. The molecule has 142 valence electrons. The third kappa shape index (κ3) is 3.40. The average molecular weight is 371 g/mol. The zero-order valence-electron chi connectivity index (χ0n) is 15.9. The van der Waals surface area contributed by atoms with E-state index in [1.807, 2.05) is 29.2 Å². The second kappa shape index (κ2) is 7.50. The van der Waals surface area contributed by atoms with E-state index >= 15 is 0 Å². The van der Waals surface area contributed by atoms with Gasteiger partial charge in [0.1, 0.15) is 5.82 Å². The van der Waals surface area contributed by atoms with Crippen molar-refractivity contribution in [3.8, 4) is 11.1 Å². The third-order valence-corrected chi connectivity index (χ3v) is 5.67. The molecule has 1 saturated carbocycles. The molecule has 5 rings (SSSR count). The molecular formula is C23H25N5. The van der Waals surface area contributed by atoms with Crippen LogP contribution in [0.3, 0.4) is 0 Å². The van der Waals surface area contributed by atoms with Crippen LogP contribution in [0.2, 0.25) is 0 Å². The number of anilines is 1. The number of pyridine rings is 1. The van der Waals surface area contributed by atoms with Crippen molar-refractivity contribution < 1.29 is 0 Å². The van der Waals surface area contributed by atoms with Gasteiger partial charge in [-0.1, -0.05) is 49.6 Å². The number of fused-ring (bicyclic) bond motifs is 1. The molecule has 3 aromatic heterocycles. The number of rotatable bonds is 5. The van der Waals surface area contributed by atoms with E-state index in [9.17, 15) is 0 Å². The monoisotopic (exact) mass is 371 g/mol. The molecule has 0 unspecified atom stereocenters. The Morgan fingerprint density at radius 2 is 1.93 bits per heavy atom. The number of hydrogen-bond donors (Lipinski definition) is 2. The molecule has 4 aromatic rings. The Morgan fingerprint density at radius 1 is 1.07 bits per heavy atom. The Morgan fingerprint density at radius 3 is 2.79 bits per heavy atom. The molecule has 0 radical (unpaired) electrons. The summed E-state index contributed by atoms with van der Waals surface area (Å²) in [6.45, 7) is 0.772. The SMILES string of the molecule is c1ccc(Cn2cc(-c3c[nH]c4ccnc(NC5CCCCC5)c34)cn2)cc1. The fraction of sp³-hybridized carbons (Fsp3) is 0.304. The van der Waals surface area contributed by atoms with Crippen LogP contribution < -0.4 is 5.32 Å². The summed E-state index contributed by atoms with van der Waals surface area (Å²) >= 11 is 0. The number of aromatic nitrogens is 4. The minimum absolute atomic E-state index is 0.524. The lowest BCUT2D eigenvalue weighted by molar-refractivity contribution is 0.462. The van der Waals surface area contributed by atoms with Crippen LogP contribution in [0.25, 0.3) is 22.0 Å². The molecule has 3 heterocycles. The summed E-state index contributed by atoms with van der Waals surface area (Å²) in [6, 6.07) is 13.0. The summed E-state index contributed by atoms with van der Waals surface area (Å²) in [7, 11) is 0. The van der Waals surface area contributed by atoms with Crippen molar-refractivity contribution in [2.24, 2.45) is 0 Å². The van der Waals surface area contributed by atoms with Gasteiger partial charge in [0.25, 0.3) is 0 Å². The standard InChI is InChI=1S/C23H25N5/c1-3-7-17(8-4-1)15-28-16-18(13-26-28)20-14-25-21-11-12-24-23(22(20)21)27-19-9-5-2-6-10-19/h1,3-4,7-8,11-14,16,19,25H,2,5-6,9-10,15H2,(H,24,27). The maximum Gasteiger partial charge on any atom is 0.136 e. The molecule has 0 bridgehead atoms. The van der Waals surface area contributed by atoms with E-state index in [-0.39, 0.29) is 0 Å². The van der Waals surface area contributed by atoms with E-state index < -0.39 is 0 Å². The zero-order chi connectivity index (χ0) is 18.8. The Labute approximate surface area is 164 Å². The van der Waals surface area contributed by atoms with Crippen LogP contribution in [0, 0.1) is 0 Å². The van der Waals surface area contributed by atoms with Crippen LogP contribution in [0.5, 0.6) is 0 Å². The number of H-pyrrole nitrogens is 1. The quantitative estimate of drug-likeness (QED) is 0.506. The fourth-order valence-corrected chi connectivity index (χ4v) is 4.21. The molecular weight excluding hydrogens is 346 g/mol. The lowest BCUT2D eigenvalue weighted by Crippen LogP contribution is -2.22. The first-order chi connectivity index (χ1) is 13.9. The normalized spacial score (nSPS) is 15.1. The molecule has 1 aliphatic rings. The molecule has 1 aromatic carbocycles. The van der Waals surface area contributed by atoms with E-state index in [2.05, 4.69) is 57.0 Å². The van der Waals surface area contributed by atoms with Gasteiger partial charge >= 0.3 is 0 Å². The van der Waals surface area contributed by atoms with Crippen LogP contribution in [0.1, 0.15) is 37.7 Å². The lowest BCUT2D eigenvalue weighted by atomic mass is 9.95. The summed E-state index contributed by atoms with van der Waals surface area (Å²) in [5.41, 5.74) is 4.62. The molecule has 1 aliphatic carbocycles. The molecule has 0 spiro atoms. The van der Waals surface area contributed by atoms with Gasteiger partial charge in [-0.15, -0.1) is 0 Å². The number of aromatic amines is 1. The summed E-state index contributed by atoms with van der Waals surface area (Å²) < 4.78 is 1.99. The van der Waals surface area contributed by atoms with Gasteiger partial charge in [0.05, 0.1) is 18.3 Å². The van der Waals surface area contributed by atoms with Crippen molar-refractivity contribution in [1.29, 1.82) is 0 Å². The predicted octanol–water partition coefficient (Wildman–Crippen LogP) is 5.22. The highest BCUT2D eigenvalue weighted by Crippen LogP contribution is 2.34. The Kier molecular flexibility index (Phi) is 4.57. The molecule has 1 fully saturated rings. The van der Waals surface area contributed by atoms with Gasteiger partial charge < -0.3 is 10.3 Å². The first-order valence-corrected chi connectivity index (χ1v) is 10.2. The first-order valence-electron chi connectivity index (χ1n) is 10.2. The first kappa shape index (κ1) is 17.0. The summed E-state index contributed by atoms with van der Waals surface area (Å²) in [5, 5.41) is 9.45. The van der Waals surface area contributed by atoms with Crippen LogP contribution in [0.15, 0.2) is 61.2 Å². The van der Waals surface area contributed by atoms with Gasteiger partial charge in [-0.3, -0.25) is 4.68 Å². The van der Waals surface area contributed by atoms with E-state index in [1.165, 1.54) is 37.7 Å². The highest BCUT2D eigenvalue weighted by Gasteiger charge is 2.18. The largest absolute Gasteiger partial charge is 0.367 e. The topological polar surface area (TPSA) is 58.5 Å². The highest BCUT2D eigenvalue weighted by molar-refractivity contribution is 6.02. The van der Waals surface area contributed by atoms with Crippen LogP contribution in [0.4, 0.5) is 5.82 Å². The second-order valence-corrected chi connectivity index (χ2v) is 7.68. The molecule has 0 amide bonds. The van der Waals surface area contributed by atoms with Crippen molar-refractivity contribution in [3.63, 3.8) is 0 Å². The Bertz CT molecular complexity index is 1060. The van der Waals surface area contributed by atoms with Gasteiger partial charge in [-0.25, -0.2) is 4.98 Å². The summed E-state index contributed by atoms with van der Waals surface area (Å²) in [5.74, 6) is 0.983. The van der Waals surface area contributed by atoms with Gasteiger partial charge in [0.15, 0.2) is 0 Å². The van der Waals surface area contributed by atoms with Crippen molar-refractivity contribution >= 4 is 16.7 Å². The number of nitrogens with zero attached hydrogens (tertiary/aromatic N) is 3. The van der Waals surface area contributed by atoms with Crippen molar-refractivity contribution in [3.05, 3.63) is 66.7 Å². The molecule has 2 N–H and O–H groups in total. The summed E-state index contributed by atoms with van der Waals surface area (Å²) in [4.78, 5) is 8.08. The minimum Gasteiger partial charge on any atom is -0.367 e. The molecule has 0 saturated heterocycles. The average Bonchev–Trinajstić information content (AvgIpc) is 3.37. The van der Waals surface area contributed by atoms with Gasteiger partial charge in [0.2, 0.25) is 0 Å². The molecule has 0 aliphatic heterocycles. The molecule has 5 nitrogen and oxygen atoms in total. The highest BCUT2D eigenvalue weighted by atomic mass is 15.3. The Balaban J connectivity index is 1.46.